The molecule has 0 fully saturated rings. The van der Waals surface area contributed by atoms with Gasteiger partial charge in [-0.25, -0.2) is 5.43 Å². The highest BCUT2D eigenvalue weighted by Crippen LogP contribution is 2.29. The van der Waals surface area contributed by atoms with Crippen molar-refractivity contribution in [3.63, 3.8) is 0 Å². The summed E-state index contributed by atoms with van der Waals surface area (Å²) in [7, 11) is 0. The highest BCUT2D eigenvalue weighted by molar-refractivity contribution is 14.1. The average Bonchev–Trinajstić information content (AvgIpc) is 2.75. The van der Waals surface area contributed by atoms with Gasteiger partial charge in [0.2, 0.25) is 0 Å². The van der Waals surface area contributed by atoms with Crippen molar-refractivity contribution in [3.8, 4) is 11.5 Å². The Bertz CT molecular complexity index is 1050. The van der Waals surface area contributed by atoms with Crippen LogP contribution in [0.3, 0.4) is 0 Å². The van der Waals surface area contributed by atoms with Crippen molar-refractivity contribution < 1.29 is 14.3 Å². The van der Waals surface area contributed by atoms with Gasteiger partial charge in [0, 0.05) is 10.0 Å². The van der Waals surface area contributed by atoms with Gasteiger partial charge in [0.1, 0.15) is 18.1 Å². The lowest BCUT2D eigenvalue weighted by molar-refractivity contribution is 0.0955. The fourth-order valence-electron chi connectivity index (χ4n) is 2.63. The third-order valence-electron chi connectivity index (χ3n) is 4.12. The molecule has 0 spiro atoms. The van der Waals surface area contributed by atoms with Crippen LogP contribution in [0.25, 0.3) is 0 Å². The third-order valence-corrected chi connectivity index (χ3v) is 6.26. The standard InChI is InChI=1S/C23H19BrI2N2O3/c1-2-30-19-9-5-17(6-10-19)23(29)28-27-13-16-11-20(25)22(21(26)12-16)31-14-15-3-7-18(24)8-4-15/h3-13H,2,14H2,1H3,(H,28,29)/b27-13+. The van der Waals surface area contributed by atoms with Crippen LogP contribution in [0.2, 0.25) is 0 Å². The Balaban J connectivity index is 1.60. The Morgan fingerprint density at radius 3 is 2.29 bits per heavy atom. The number of nitrogens with zero attached hydrogens (tertiary/aromatic N) is 1. The van der Waals surface area contributed by atoms with Crippen LogP contribution < -0.4 is 14.9 Å². The zero-order chi connectivity index (χ0) is 22.2. The number of hydrogen-bond acceptors (Lipinski definition) is 4. The lowest BCUT2D eigenvalue weighted by atomic mass is 10.2. The molecule has 0 saturated carbocycles. The Kier molecular flexibility index (Phi) is 9.15. The number of amides is 1. The lowest BCUT2D eigenvalue weighted by Crippen LogP contribution is -2.17. The van der Waals surface area contributed by atoms with Gasteiger partial charge in [0.25, 0.3) is 5.91 Å². The summed E-state index contributed by atoms with van der Waals surface area (Å²) in [6.07, 6.45) is 1.62. The molecule has 31 heavy (non-hydrogen) atoms. The first-order chi connectivity index (χ1) is 15.0. The monoisotopic (exact) mass is 704 g/mol. The van der Waals surface area contributed by atoms with E-state index in [0.717, 1.165) is 34.2 Å². The van der Waals surface area contributed by atoms with Gasteiger partial charge in [-0.05, 0) is 112 Å². The van der Waals surface area contributed by atoms with E-state index in [2.05, 4.69) is 71.6 Å². The quantitative estimate of drug-likeness (QED) is 0.168. The van der Waals surface area contributed by atoms with E-state index in [1.54, 1.807) is 30.5 Å². The molecule has 0 bridgehead atoms. The maximum atomic E-state index is 12.2. The number of hydrogen-bond donors (Lipinski definition) is 1. The molecular formula is C23H19BrI2N2O3. The summed E-state index contributed by atoms with van der Waals surface area (Å²) in [5.41, 5.74) is 5.04. The largest absolute Gasteiger partial charge is 0.494 e. The maximum absolute atomic E-state index is 12.2. The minimum Gasteiger partial charge on any atom is -0.494 e. The van der Waals surface area contributed by atoms with E-state index < -0.39 is 0 Å². The van der Waals surface area contributed by atoms with Crippen LogP contribution in [0.15, 0.2) is 70.2 Å². The van der Waals surface area contributed by atoms with Crippen LogP contribution in [0.5, 0.6) is 11.5 Å². The van der Waals surface area contributed by atoms with Crippen LogP contribution >= 0.6 is 61.1 Å². The molecule has 5 nitrogen and oxygen atoms in total. The molecule has 0 aliphatic rings. The number of ether oxygens (including phenoxy) is 2. The van der Waals surface area contributed by atoms with Crippen molar-refractivity contribution in [1.82, 2.24) is 5.43 Å². The molecule has 0 radical (unpaired) electrons. The Morgan fingerprint density at radius 1 is 1.03 bits per heavy atom. The van der Waals surface area contributed by atoms with Gasteiger partial charge < -0.3 is 9.47 Å². The minimum absolute atomic E-state index is 0.279. The van der Waals surface area contributed by atoms with Crippen molar-refractivity contribution in [2.45, 2.75) is 13.5 Å². The van der Waals surface area contributed by atoms with Crippen LogP contribution in [-0.2, 0) is 6.61 Å². The number of carbonyl (C=O) groups excluding carboxylic acids is 1. The molecule has 160 valence electrons. The summed E-state index contributed by atoms with van der Waals surface area (Å²) in [5, 5.41) is 4.08. The number of carbonyl (C=O) groups is 1. The zero-order valence-corrected chi connectivity index (χ0v) is 22.5. The number of nitrogens with one attached hydrogen (secondary N) is 1. The van der Waals surface area contributed by atoms with Crippen molar-refractivity contribution in [1.29, 1.82) is 0 Å². The summed E-state index contributed by atoms with van der Waals surface area (Å²) in [5.74, 6) is 1.28. The molecule has 3 aromatic carbocycles. The first-order valence-electron chi connectivity index (χ1n) is 9.39. The highest BCUT2D eigenvalue weighted by Gasteiger charge is 2.09. The van der Waals surface area contributed by atoms with Gasteiger partial charge in [0.15, 0.2) is 0 Å². The van der Waals surface area contributed by atoms with E-state index in [-0.39, 0.29) is 5.91 Å². The number of halogens is 3. The predicted octanol–water partition coefficient (Wildman–Crippen LogP) is 6.40. The fraction of sp³-hybridized carbons (Fsp3) is 0.130. The molecule has 0 unspecified atom stereocenters. The molecule has 0 aliphatic heterocycles. The first-order valence-corrected chi connectivity index (χ1v) is 12.3. The van der Waals surface area contributed by atoms with E-state index in [1.807, 2.05) is 43.3 Å². The second-order valence-corrected chi connectivity index (χ2v) is 9.63. The van der Waals surface area contributed by atoms with Gasteiger partial charge in [-0.3, -0.25) is 4.79 Å². The van der Waals surface area contributed by atoms with Gasteiger partial charge in [-0.2, -0.15) is 5.10 Å². The smallest absolute Gasteiger partial charge is 0.271 e. The molecule has 3 rings (SSSR count). The second-order valence-electron chi connectivity index (χ2n) is 6.39. The zero-order valence-electron chi connectivity index (χ0n) is 16.6. The number of benzene rings is 3. The lowest BCUT2D eigenvalue weighted by Gasteiger charge is -2.11. The molecule has 8 heteroatoms. The molecule has 1 amide bonds. The second kappa shape index (κ2) is 11.8. The predicted molar refractivity (Wildman–Crippen MR) is 143 cm³/mol. The molecule has 0 saturated heterocycles. The molecule has 3 aromatic rings. The Hall–Kier alpha value is -1.66. The van der Waals surface area contributed by atoms with E-state index in [1.165, 1.54) is 0 Å². The summed E-state index contributed by atoms with van der Waals surface area (Å²) in [6, 6.07) is 18.9. The molecular weight excluding hydrogens is 686 g/mol. The van der Waals surface area contributed by atoms with Gasteiger partial charge in [-0.15, -0.1) is 0 Å². The summed E-state index contributed by atoms with van der Waals surface area (Å²) >= 11 is 7.93. The number of rotatable bonds is 8. The van der Waals surface area contributed by atoms with Crippen LogP contribution in [0, 0.1) is 7.14 Å². The molecule has 0 heterocycles. The van der Waals surface area contributed by atoms with E-state index >= 15 is 0 Å². The SMILES string of the molecule is CCOc1ccc(C(=O)N/N=C/c2cc(I)c(OCc3ccc(Br)cc3)c(I)c2)cc1. The first kappa shape index (κ1) is 24.0. The van der Waals surface area contributed by atoms with Gasteiger partial charge in [-0.1, -0.05) is 28.1 Å². The topological polar surface area (TPSA) is 59.9 Å². The number of hydrazone groups is 1. The van der Waals surface area contributed by atoms with E-state index in [4.69, 9.17) is 9.47 Å². The van der Waals surface area contributed by atoms with Crippen LogP contribution in [-0.4, -0.2) is 18.7 Å². The molecule has 0 aliphatic carbocycles. The summed E-state index contributed by atoms with van der Waals surface area (Å²) in [4.78, 5) is 12.2. The van der Waals surface area contributed by atoms with Crippen LogP contribution in [0.1, 0.15) is 28.4 Å². The Labute approximate surface area is 217 Å². The molecule has 1 N–H and O–H groups in total. The van der Waals surface area contributed by atoms with Crippen LogP contribution in [0.4, 0.5) is 0 Å². The van der Waals surface area contributed by atoms with Crippen molar-refractivity contribution in [2.24, 2.45) is 5.10 Å². The Morgan fingerprint density at radius 2 is 1.68 bits per heavy atom. The van der Waals surface area contributed by atoms with Gasteiger partial charge >= 0.3 is 0 Å². The normalized spacial score (nSPS) is 10.8. The van der Waals surface area contributed by atoms with Crippen molar-refractivity contribution in [3.05, 3.63) is 89.0 Å². The molecule has 0 aromatic heterocycles. The summed E-state index contributed by atoms with van der Waals surface area (Å²) in [6.45, 7) is 2.99. The average molecular weight is 705 g/mol. The van der Waals surface area contributed by atoms with E-state index in [0.29, 0.717) is 18.8 Å². The summed E-state index contributed by atoms with van der Waals surface area (Å²) < 4.78 is 14.4. The highest BCUT2D eigenvalue weighted by atomic mass is 127. The van der Waals surface area contributed by atoms with Crippen molar-refractivity contribution >= 4 is 73.2 Å². The minimum atomic E-state index is -0.279. The third kappa shape index (κ3) is 7.18. The van der Waals surface area contributed by atoms with Crippen molar-refractivity contribution in [2.75, 3.05) is 6.61 Å². The fourth-order valence-corrected chi connectivity index (χ4v) is 5.02. The van der Waals surface area contributed by atoms with Gasteiger partial charge in [0.05, 0.1) is 20.0 Å². The molecule has 0 atom stereocenters. The maximum Gasteiger partial charge on any atom is 0.271 e. The van der Waals surface area contributed by atoms with E-state index in [9.17, 15) is 4.79 Å².